The Kier molecular flexibility index (Phi) is 4.15. The van der Waals surface area contributed by atoms with Gasteiger partial charge in [-0.25, -0.2) is 0 Å². The number of benzene rings is 1. The molecule has 2 N–H and O–H groups in total. The monoisotopic (exact) mass is 286 g/mol. The number of amides is 1. The number of rotatable bonds is 1. The van der Waals surface area contributed by atoms with Gasteiger partial charge in [0.25, 0.3) is 5.91 Å². The van der Waals surface area contributed by atoms with Gasteiger partial charge in [0.05, 0.1) is 10.0 Å². The maximum absolute atomic E-state index is 12.3. The summed E-state index contributed by atoms with van der Waals surface area (Å²) in [4.78, 5) is 14.1. The van der Waals surface area contributed by atoms with Crippen molar-refractivity contribution >= 4 is 29.1 Å². The highest BCUT2D eigenvalue weighted by molar-refractivity contribution is 6.42. The second kappa shape index (κ2) is 5.47. The van der Waals surface area contributed by atoms with Crippen LogP contribution in [0.1, 0.15) is 23.7 Å². The number of carbonyl (C=O) groups is 1. The maximum atomic E-state index is 12.3. The summed E-state index contributed by atoms with van der Waals surface area (Å²) in [5.41, 5.74) is 6.51. The summed E-state index contributed by atoms with van der Waals surface area (Å²) >= 11 is 11.8. The molecule has 98 valence electrons. The van der Waals surface area contributed by atoms with Crippen LogP contribution in [0.25, 0.3) is 0 Å². The SMILES string of the molecule is CC1CC(N)CN(C(=O)c2ccc(Cl)c(Cl)c2)C1. The molecule has 0 aromatic heterocycles. The van der Waals surface area contributed by atoms with Crippen molar-refractivity contribution < 1.29 is 4.79 Å². The standard InChI is InChI=1S/C13H16Cl2N2O/c1-8-4-10(16)7-17(6-8)13(18)9-2-3-11(14)12(15)5-9/h2-3,5,8,10H,4,6-7,16H2,1H3. The molecule has 1 saturated heterocycles. The largest absolute Gasteiger partial charge is 0.337 e. The van der Waals surface area contributed by atoms with E-state index in [1.165, 1.54) is 0 Å². The van der Waals surface area contributed by atoms with Crippen molar-refractivity contribution in [2.75, 3.05) is 13.1 Å². The van der Waals surface area contributed by atoms with Crippen LogP contribution in [0.3, 0.4) is 0 Å². The predicted molar refractivity (Wildman–Crippen MR) is 74.1 cm³/mol. The molecule has 2 atom stereocenters. The quantitative estimate of drug-likeness (QED) is 0.863. The van der Waals surface area contributed by atoms with E-state index in [1.54, 1.807) is 23.1 Å². The summed E-state index contributed by atoms with van der Waals surface area (Å²) in [5.74, 6) is 0.399. The lowest BCUT2D eigenvalue weighted by atomic mass is 9.96. The number of piperidine rings is 1. The van der Waals surface area contributed by atoms with Crippen molar-refractivity contribution in [1.82, 2.24) is 4.90 Å². The molecule has 5 heteroatoms. The zero-order valence-electron chi connectivity index (χ0n) is 10.2. The molecule has 2 unspecified atom stereocenters. The van der Waals surface area contributed by atoms with Crippen molar-refractivity contribution in [2.24, 2.45) is 11.7 Å². The summed E-state index contributed by atoms with van der Waals surface area (Å²) in [7, 11) is 0. The zero-order valence-corrected chi connectivity index (χ0v) is 11.7. The van der Waals surface area contributed by atoms with E-state index in [9.17, 15) is 4.79 Å². The van der Waals surface area contributed by atoms with Crippen molar-refractivity contribution in [2.45, 2.75) is 19.4 Å². The minimum Gasteiger partial charge on any atom is -0.337 e. The van der Waals surface area contributed by atoms with Gasteiger partial charge < -0.3 is 10.6 Å². The van der Waals surface area contributed by atoms with E-state index in [0.717, 1.165) is 13.0 Å². The summed E-state index contributed by atoms with van der Waals surface area (Å²) in [6.45, 7) is 3.45. The zero-order chi connectivity index (χ0) is 13.3. The minimum atomic E-state index is -0.0319. The Labute approximate surface area is 117 Å². The van der Waals surface area contributed by atoms with Crippen LogP contribution in [0.5, 0.6) is 0 Å². The van der Waals surface area contributed by atoms with Crippen molar-refractivity contribution in [3.63, 3.8) is 0 Å². The van der Waals surface area contributed by atoms with Gasteiger partial charge in [0, 0.05) is 24.7 Å². The van der Waals surface area contributed by atoms with Crippen molar-refractivity contribution in [3.05, 3.63) is 33.8 Å². The average Bonchev–Trinajstić information content (AvgIpc) is 2.30. The summed E-state index contributed by atoms with van der Waals surface area (Å²) in [6, 6.07) is 5.00. The van der Waals surface area contributed by atoms with Crippen LogP contribution in [-0.4, -0.2) is 29.9 Å². The molecular weight excluding hydrogens is 271 g/mol. The van der Waals surface area contributed by atoms with Crippen molar-refractivity contribution in [3.8, 4) is 0 Å². The molecule has 1 aliphatic heterocycles. The van der Waals surface area contributed by atoms with E-state index in [2.05, 4.69) is 6.92 Å². The van der Waals surface area contributed by atoms with Crippen LogP contribution in [0, 0.1) is 5.92 Å². The summed E-state index contributed by atoms with van der Waals surface area (Å²) in [5, 5.41) is 0.855. The molecule has 2 rings (SSSR count). The van der Waals surface area contributed by atoms with Gasteiger partial charge in [0.1, 0.15) is 0 Å². The first-order valence-corrected chi connectivity index (χ1v) is 6.73. The Balaban J connectivity index is 2.17. The molecule has 1 heterocycles. The molecule has 0 radical (unpaired) electrons. The number of nitrogens with two attached hydrogens (primary N) is 1. The first-order chi connectivity index (χ1) is 8.47. The topological polar surface area (TPSA) is 46.3 Å². The smallest absolute Gasteiger partial charge is 0.253 e. The van der Waals surface area contributed by atoms with Gasteiger partial charge in [0.15, 0.2) is 0 Å². The van der Waals surface area contributed by atoms with E-state index in [-0.39, 0.29) is 11.9 Å². The number of nitrogens with zero attached hydrogens (tertiary/aromatic N) is 1. The lowest BCUT2D eigenvalue weighted by molar-refractivity contribution is 0.0661. The number of hydrogen-bond donors (Lipinski definition) is 1. The van der Waals surface area contributed by atoms with Crippen LogP contribution < -0.4 is 5.73 Å². The fourth-order valence-electron chi connectivity index (χ4n) is 2.38. The van der Waals surface area contributed by atoms with Gasteiger partial charge in [-0.05, 0) is 30.5 Å². The van der Waals surface area contributed by atoms with Crippen molar-refractivity contribution in [1.29, 1.82) is 0 Å². The molecular formula is C13H16Cl2N2O. The van der Waals surface area contributed by atoms with E-state index in [4.69, 9.17) is 28.9 Å². The van der Waals surface area contributed by atoms with Crippen LogP contribution in [0.4, 0.5) is 0 Å². The van der Waals surface area contributed by atoms with Gasteiger partial charge in [-0.3, -0.25) is 4.79 Å². The highest BCUT2D eigenvalue weighted by atomic mass is 35.5. The first-order valence-electron chi connectivity index (χ1n) is 5.97. The van der Waals surface area contributed by atoms with Gasteiger partial charge >= 0.3 is 0 Å². The molecule has 1 amide bonds. The van der Waals surface area contributed by atoms with E-state index in [1.807, 2.05) is 0 Å². The second-order valence-electron chi connectivity index (χ2n) is 4.94. The number of carbonyl (C=O) groups excluding carboxylic acids is 1. The predicted octanol–water partition coefficient (Wildman–Crippen LogP) is 2.80. The van der Waals surface area contributed by atoms with Crippen LogP contribution in [0.15, 0.2) is 18.2 Å². The van der Waals surface area contributed by atoms with Crippen LogP contribution in [-0.2, 0) is 0 Å². The molecule has 0 aliphatic carbocycles. The highest BCUT2D eigenvalue weighted by Crippen LogP contribution is 2.24. The molecule has 0 spiro atoms. The first kappa shape index (κ1) is 13.7. The molecule has 3 nitrogen and oxygen atoms in total. The minimum absolute atomic E-state index is 0.0319. The van der Waals surface area contributed by atoms with Gasteiger partial charge in [-0.15, -0.1) is 0 Å². The van der Waals surface area contributed by atoms with Gasteiger partial charge in [-0.1, -0.05) is 30.1 Å². The molecule has 18 heavy (non-hydrogen) atoms. The second-order valence-corrected chi connectivity index (χ2v) is 5.75. The molecule has 0 bridgehead atoms. The Morgan fingerprint density at radius 2 is 2.06 bits per heavy atom. The third-order valence-corrected chi connectivity index (χ3v) is 3.88. The number of halogens is 2. The Bertz CT molecular complexity index is 454. The fraction of sp³-hybridized carbons (Fsp3) is 0.462. The molecule has 1 fully saturated rings. The van der Waals surface area contributed by atoms with Gasteiger partial charge in [0.2, 0.25) is 0 Å². The van der Waals surface area contributed by atoms with Crippen LogP contribution >= 0.6 is 23.2 Å². The maximum Gasteiger partial charge on any atom is 0.253 e. The third-order valence-electron chi connectivity index (χ3n) is 3.15. The normalized spacial score (nSPS) is 24.1. The molecule has 1 aromatic rings. The number of hydrogen-bond acceptors (Lipinski definition) is 2. The number of likely N-dealkylation sites (tertiary alicyclic amines) is 1. The van der Waals surface area contributed by atoms with E-state index >= 15 is 0 Å². The summed E-state index contributed by atoms with van der Waals surface area (Å²) < 4.78 is 0. The third kappa shape index (κ3) is 2.97. The Morgan fingerprint density at radius 1 is 1.33 bits per heavy atom. The fourth-order valence-corrected chi connectivity index (χ4v) is 2.68. The molecule has 1 aromatic carbocycles. The molecule has 0 saturated carbocycles. The lowest BCUT2D eigenvalue weighted by Crippen LogP contribution is -2.48. The Hall–Kier alpha value is -0.770. The van der Waals surface area contributed by atoms with Gasteiger partial charge in [-0.2, -0.15) is 0 Å². The van der Waals surface area contributed by atoms with Crippen LogP contribution in [0.2, 0.25) is 10.0 Å². The average molecular weight is 287 g/mol. The van der Waals surface area contributed by atoms with E-state index < -0.39 is 0 Å². The van der Waals surface area contributed by atoms with E-state index in [0.29, 0.717) is 28.1 Å². The molecule has 1 aliphatic rings. The lowest BCUT2D eigenvalue weighted by Gasteiger charge is -2.34. The highest BCUT2D eigenvalue weighted by Gasteiger charge is 2.26. The Morgan fingerprint density at radius 3 is 2.67 bits per heavy atom. The summed E-state index contributed by atoms with van der Waals surface area (Å²) in [6.07, 6.45) is 0.963.